The highest BCUT2D eigenvalue weighted by atomic mass is 19.4. The molecule has 6 heteroatoms. The number of benzene rings is 1. The highest BCUT2D eigenvalue weighted by Gasteiger charge is 2.31. The van der Waals surface area contributed by atoms with Crippen molar-refractivity contribution >= 4 is 0 Å². The summed E-state index contributed by atoms with van der Waals surface area (Å²) in [6, 6.07) is 1.56. The smallest absolute Gasteiger partial charge is 0.330 e. The standard InChI is InChI=1S/C12H16F4N2/c13-10-5-4-8(12(14,15)16)7-9(10)11(18)3-1-2-6-17/h4-5,7,11H,1-3,6,17-18H2/t11-/m1/s1. The molecular weight excluding hydrogens is 248 g/mol. The molecule has 1 atom stereocenters. The Morgan fingerprint density at radius 2 is 1.83 bits per heavy atom. The molecule has 0 unspecified atom stereocenters. The minimum absolute atomic E-state index is 0.0955. The van der Waals surface area contributed by atoms with Crippen molar-refractivity contribution in [1.82, 2.24) is 0 Å². The summed E-state index contributed by atoms with van der Waals surface area (Å²) in [6.45, 7) is 0.484. The Hall–Kier alpha value is -1.14. The van der Waals surface area contributed by atoms with E-state index in [4.69, 9.17) is 11.5 Å². The first-order chi connectivity index (χ1) is 8.36. The summed E-state index contributed by atoms with van der Waals surface area (Å²) in [5, 5.41) is 0. The van der Waals surface area contributed by atoms with E-state index in [-0.39, 0.29) is 5.56 Å². The monoisotopic (exact) mass is 264 g/mol. The van der Waals surface area contributed by atoms with E-state index in [2.05, 4.69) is 0 Å². The highest BCUT2D eigenvalue weighted by Crippen LogP contribution is 2.32. The van der Waals surface area contributed by atoms with Crippen LogP contribution in [0.2, 0.25) is 0 Å². The summed E-state index contributed by atoms with van der Waals surface area (Å²) in [7, 11) is 0. The molecule has 4 N–H and O–H groups in total. The van der Waals surface area contributed by atoms with Gasteiger partial charge in [-0.2, -0.15) is 13.2 Å². The quantitative estimate of drug-likeness (QED) is 0.634. The van der Waals surface area contributed by atoms with Crippen LogP contribution in [0.1, 0.15) is 36.4 Å². The summed E-state index contributed by atoms with van der Waals surface area (Å²) < 4.78 is 50.9. The molecule has 0 aliphatic heterocycles. The lowest BCUT2D eigenvalue weighted by Gasteiger charge is -2.15. The zero-order chi connectivity index (χ0) is 13.8. The van der Waals surface area contributed by atoms with Crippen molar-refractivity contribution < 1.29 is 17.6 Å². The third-order valence-corrected chi connectivity index (χ3v) is 2.69. The lowest BCUT2D eigenvalue weighted by molar-refractivity contribution is -0.137. The molecule has 0 radical (unpaired) electrons. The lowest BCUT2D eigenvalue weighted by atomic mass is 9.99. The summed E-state index contributed by atoms with van der Waals surface area (Å²) in [5.74, 6) is -0.705. The van der Waals surface area contributed by atoms with Crippen LogP contribution >= 0.6 is 0 Å². The molecule has 0 spiro atoms. The molecule has 1 rings (SSSR count). The van der Waals surface area contributed by atoms with E-state index in [1.165, 1.54) is 0 Å². The van der Waals surface area contributed by atoms with Crippen molar-refractivity contribution in [2.75, 3.05) is 6.54 Å². The number of hydrogen-bond acceptors (Lipinski definition) is 2. The van der Waals surface area contributed by atoms with Crippen molar-refractivity contribution in [3.63, 3.8) is 0 Å². The first-order valence-corrected chi connectivity index (χ1v) is 5.68. The number of unbranched alkanes of at least 4 members (excludes halogenated alkanes) is 1. The molecular formula is C12H16F4N2. The minimum atomic E-state index is -4.49. The van der Waals surface area contributed by atoms with Crippen LogP contribution in [0, 0.1) is 5.82 Å². The van der Waals surface area contributed by atoms with Gasteiger partial charge in [0.2, 0.25) is 0 Å². The first kappa shape index (κ1) is 14.9. The molecule has 0 fully saturated rings. The fourth-order valence-corrected chi connectivity index (χ4v) is 1.67. The minimum Gasteiger partial charge on any atom is -0.330 e. The maximum Gasteiger partial charge on any atom is 0.416 e. The molecule has 1 aromatic rings. The number of alkyl halides is 3. The van der Waals surface area contributed by atoms with E-state index in [1.54, 1.807) is 0 Å². The van der Waals surface area contributed by atoms with Crippen LogP contribution in [0.4, 0.5) is 17.6 Å². The average molecular weight is 264 g/mol. The highest BCUT2D eigenvalue weighted by molar-refractivity contribution is 5.29. The van der Waals surface area contributed by atoms with Crippen LogP contribution in [0.15, 0.2) is 18.2 Å². The molecule has 0 saturated heterocycles. The van der Waals surface area contributed by atoms with Gasteiger partial charge in [-0.3, -0.25) is 0 Å². The van der Waals surface area contributed by atoms with Gasteiger partial charge in [0.1, 0.15) is 5.82 Å². The maximum atomic E-state index is 13.4. The number of nitrogens with two attached hydrogens (primary N) is 2. The maximum absolute atomic E-state index is 13.4. The topological polar surface area (TPSA) is 52.0 Å². The summed E-state index contributed by atoms with van der Waals surface area (Å²) >= 11 is 0. The Morgan fingerprint density at radius 1 is 1.17 bits per heavy atom. The van der Waals surface area contributed by atoms with E-state index in [0.29, 0.717) is 31.9 Å². The van der Waals surface area contributed by atoms with E-state index in [9.17, 15) is 17.6 Å². The van der Waals surface area contributed by atoms with Crippen LogP contribution in [-0.4, -0.2) is 6.54 Å². The molecule has 0 saturated carbocycles. The van der Waals surface area contributed by atoms with Crippen molar-refractivity contribution in [1.29, 1.82) is 0 Å². The second kappa shape index (κ2) is 6.15. The van der Waals surface area contributed by atoms with Gasteiger partial charge in [0.15, 0.2) is 0 Å². The summed E-state index contributed by atoms with van der Waals surface area (Å²) in [4.78, 5) is 0. The Bertz CT molecular complexity index is 390. The van der Waals surface area contributed by atoms with Crippen LogP contribution in [0.25, 0.3) is 0 Å². The van der Waals surface area contributed by atoms with Crippen LogP contribution in [-0.2, 0) is 6.18 Å². The van der Waals surface area contributed by atoms with Gasteiger partial charge in [-0.15, -0.1) is 0 Å². The Kier molecular flexibility index (Phi) is 5.10. The lowest BCUT2D eigenvalue weighted by Crippen LogP contribution is -2.15. The van der Waals surface area contributed by atoms with Crippen LogP contribution in [0.3, 0.4) is 0 Å². The van der Waals surface area contributed by atoms with E-state index in [0.717, 1.165) is 12.1 Å². The largest absolute Gasteiger partial charge is 0.416 e. The molecule has 18 heavy (non-hydrogen) atoms. The fourth-order valence-electron chi connectivity index (χ4n) is 1.67. The molecule has 0 bridgehead atoms. The van der Waals surface area contributed by atoms with Gasteiger partial charge in [0.25, 0.3) is 0 Å². The molecule has 0 amide bonds. The Labute approximate surface area is 103 Å². The second-order valence-electron chi connectivity index (χ2n) is 4.13. The summed E-state index contributed by atoms with van der Waals surface area (Å²) in [6.07, 6.45) is -2.70. The zero-order valence-corrected chi connectivity index (χ0v) is 9.80. The predicted octanol–water partition coefficient (Wildman–Crippen LogP) is 2.97. The SMILES string of the molecule is NCCCC[C@@H](N)c1cc(C(F)(F)F)ccc1F. The predicted molar refractivity (Wildman–Crippen MR) is 61.2 cm³/mol. The molecule has 2 nitrogen and oxygen atoms in total. The Balaban J connectivity index is 2.86. The van der Waals surface area contributed by atoms with Gasteiger partial charge in [-0.25, -0.2) is 4.39 Å². The van der Waals surface area contributed by atoms with Crippen molar-refractivity contribution in [3.05, 3.63) is 35.1 Å². The van der Waals surface area contributed by atoms with Crippen LogP contribution in [0.5, 0.6) is 0 Å². The molecule has 1 aromatic carbocycles. The van der Waals surface area contributed by atoms with Gasteiger partial charge in [-0.05, 0) is 37.6 Å². The second-order valence-corrected chi connectivity index (χ2v) is 4.13. The van der Waals surface area contributed by atoms with E-state index >= 15 is 0 Å². The van der Waals surface area contributed by atoms with Gasteiger partial charge >= 0.3 is 6.18 Å². The summed E-state index contributed by atoms with van der Waals surface area (Å²) in [5.41, 5.74) is 10.0. The average Bonchev–Trinajstić information content (AvgIpc) is 2.28. The number of hydrogen-bond donors (Lipinski definition) is 2. The Morgan fingerprint density at radius 3 is 2.39 bits per heavy atom. The molecule has 0 aliphatic rings. The van der Waals surface area contributed by atoms with Gasteiger partial charge in [-0.1, -0.05) is 6.42 Å². The fraction of sp³-hybridized carbons (Fsp3) is 0.500. The third-order valence-electron chi connectivity index (χ3n) is 2.69. The van der Waals surface area contributed by atoms with E-state index in [1.807, 2.05) is 0 Å². The normalized spacial score (nSPS) is 13.7. The first-order valence-electron chi connectivity index (χ1n) is 5.68. The molecule has 0 aromatic heterocycles. The van der Waals surface area contributed by atoms with E-state index < -0.39 is 23.6 Å². The van der Waals surface area contributed by atoms with Crippen LogP contribution < -0.4 is 11.5 Å². The number of rotatable bonds is 5. The van der Waals surface area contributed by atoms with Gasteiger partial charge in [0.05, 0.1) is 5.56 Å². The zero-order valence-electron chi connectivity index (χ0n) is 9.80. The number of halogens is 4. The molecule has 0 aliphatic carbocycles. The van der Waals surface area contributed by atoms with Crippen molar-refractivity contribution in [2.45, 2.75) is 31.5 Å². The van der Waals surface area contributed by atoms with Gasteiger partial charge in [0, 0.05) is 11.6 Å². The van der Waals surface area contributed by atoms with Crippen molar-refractivity contribution in [2.24, 2.45) is 11.5 Å². The molecule has 0 heterocycles. The third kappa shape index (κ3) is 3.96. The molecule has 102 valence electrons. The van der Waals surface area contributed by atoms with Gasteiger partial charge < -0.3 is 11.5 Å². The van der Waals surface area contributed by atoms with Crippen molar-refractivity contribution in [3.8, 4) is 0 Å².